The lowest BCUT2D eigenvalue weighted by Crippen LogP contribution is -2.19. The van der Waals surface area contributed by atoms with Crippen LogP contribution < -0.4 is 5.43 Å². The molecule has 0 radical (unpaired) electrons. The smallest absolute Gasteiger partial charge is 0.267 e. The molecule has 4 heteroatoms. The van der Waals surface area contributed by atoms with Gasteiger partial charge in [0.1, 0.15) is 0 Å². The second kappa shape index (κ2) is 7.74. The van der Waals surface area contributed by atoms with Gasteiger partial charge in [-0.1, -0.05) is 46.3 Å². The van der Waals surface area contributed by atoms with Crippen LogP contribution in [0.25, 0.3) is 0 Å². The van der Waals surface area contributed by atoms with Gasteiger partial charge in [0.25, 0.3) is 5.91 Å². The first-order valence-electron chi connectivity index (χ1n) is 6.78. The molecule has 2 aromatic carbocycles. The van der Waals surface area contributed by atoms with E-state index < -0.39 is 0 Å². The third kappa shape index (κ3) is 5.16. The summed E-state index contributed by atoms with van der Waals surface area (Å²) in [6, 6.07) is 17.4. The van der Waals surface area contributed by atoms with Crippen molar-refractivity contribution in [2.45, 2.75) is 19.8 Å². The highest BCUT2D eigenvalue weighted by Crippen LogP contribution is 2.10. The summed E-state index contributed by atoms with van der Waals surface area (Å²) in [4.78, 5) is 11.9. The Kier molecular flexibility index (Phi) is 5.69. The van der Waals surface area contributed by atoms with Crippen molar-refractivity contribution in [3.8, 4) is 0 Å². The Morgan fingerprint density at radius 2 is 1.76 bits per heavy atom. The van der Waals surface area contributed by atoms with E-state index in [1.54, 1.807) is 12.1 Å². The van der Waals surface area contributed by atoms with Crippen molar-refractivity contribution in [1.29, 1.82) is 0 Å². The molecule has 0 unspecified atom stereocenters. The summed E-state index contributed by atoms with van der Waals surface area (Å²) in [5.74, 6) is -0.193. The van der Waals surface area contributed by atoms with Gasteiger partial charge in [-0.25, -0.2) is 5.43 Å². The zero-order chi connectivity index (χ0) is 15.1. The van der Waals surface area contributed by atoms with E-state index in [2.05, 4.69) is 38.6 Å². The minimum Gasteiger partial charge on any atom is -0.267 e. The summed E-state index contributed by atoms with van der Waals surface area (Å²) in [7, 11) is 0. The van der Waals surface area contributed by atoms with E-state index >= 15 is 0 Å². The predicted octanol–water partition coefficient (Wildman–Crippen LogP) is 4.19. The van der Waals surface area contributed by atoms with Gasteiger partial charge in [0.15, 0.2) is 0 Å². The number of hydrogen-bond donors (Lipinski definition) is 1. The van der Waals surface area contributed by atoms with Crippen molar-refractivity contribution < 1.29 is 4.79 Å². The summed E-state index contributed by atoms with van der Waals surface area (Å²) in [5.41, 5.74) is 5.36. The summed E-state index contributed by atoms with van der Waals surface area (Å²) in [6.07, 6.45) is 1.74. The quantitative estimate of drug-likeness (QED) is 0.641. The summed E-state index contributed by atoms with van der Waals surface area (Å²) in [6.45, 7) is 1.92. The van der Waals surface area contributed by atoms with E-state index in [1.807, 2.05) is 37.3 Å². The highest BCUT2D eigenvalue weighted by atomic mass is 79.9. The predicted molar refractivity (Wildman–Crippen MR) is 89.5 cm³/mol. The number of aryl methyl sites for hydroxylation is 1. The zero-order valence-corrected chi connectivity index (χ0v) is 13.4. The van der Waals surface area contributed by atoms with Gasteiger partial charge in [0.05, 0.1) is 0 Å². The molecule has 0 fully saturated rings. The van der Waals surface area contributed by atoms with Crippen molar-refractivity contribution in [2.24, 2.45) is 5.10 Å². The Bertz CT molecular complexity index is 621. The summed E-state index contributed by atoms with van der Waals surface area (Å²) < 4.78 is 0.946. The maximum absolute atomic E-state index is 11.9. The molecule has 3 nitrogen and oxygen atoms in total. The van der Waals surface area contributed by atoms with Crippen LogP contribution in [-0.2, 0) is 6.42 Å². The molecule has 0 heterocycles. The first-order valence-corrected chi connectivity index (χ1v) is 7.57. The Balaban J connectivity index is 1.85. The number of hydrogen-bond acceptors (Lipinski definition) is 2. The molecule has 0 atom stereocenters. The molecule has 2 aromatic rings. The Morgan fingerprint density at radius 3 is 2.43 bits per heavy atom. The largest absolute Gasteiger partial charge is 0.271 e. The molecule has 0 aromatic heterocycles. The summed E-state index contributed by atoms with van der Waals surface area (Å²) in [5, 5.41) is 4.14. The average molecular weight is 345 g/mol. The van der Waals surface area contributed by atoms with E-state index in [0.717, 1.165) is 23.0 Å². The van der Waals surface area contributed by atoms with E-state index in [0.29, 0.717) is 5.56 Å². The third-order valence-electron chi connectivity index (χ3n) is 3.07. The minimum atomic E-state index is -0.193. The maximum atomic E-state index is 11.9. The van der Waals surface area contributed by atoms with Gasteiger partial charge in [0.2, 0.25) is 0 Å². The highest BCUT2D eigenvalue weighted by Gasteiger charge is 2.04. The molecular formula is C17H17BrN2O. The minimum absolute atomic E-state index is 0.193. The zero-order valence-electron chi connectivity index (χ0n) is 11.8. The van der Waals surface area contributed by atoms with Crippen LogP contribution in [0.3, 0.4) is 0 Å². The number of halogens is 1. The normalized spacial score (nSPS) is 11.2. The molecule has 0 spiro atoms. The number of carbonyl (C=O) groups excluding carboxylic acids is 1. The number of hydrazone groups is 1. The molecule has 0 saturated heterocycles. The maximum Gasteiger partial charge on any atom is 0.271 e. The van der Waals surface area contributed by atoms with Crippen molar-refractivity contribution in [1.82, 2.24) is 5.43 Å². The van der Waals surface area contributed by atoms with Crippen LogP contribution in [0.2, 0.25) is 0 Å². The molecule has 108 valence electrons. The number of carbonyl (C=O) groups is 1. The molecular weight excluding hydrogens is 328 g/mol. The van der Waals surface area contributed by atoms with Gasteiger partial charge in [-0.05, 0) is 49.6 Å². The van der Waals surface area contributed by atoms with Gasteiger partial charge < -0.3 is 0 Å². The lowest BCUT2D eigenvalue weighted by atomic mass is 10.1. The number of benzene rings is 2. The number of amides is 1. The van der Waals surface area contributed by atoms with Crippen LogP contribution in [-0.4, -0.2) is 11.6 Å². The van der Waals surface area contributed by atoms with E-state index in [9.17, 15) is 4.79 Å². The second-order valence-corrected chi connectivity index (χ2v) is 5.70. The molecule has 0 aliphatic heterocycles. The fourth-order valence-electron chi connectivity index (χ4n) is 1.84. The average Bonchev–Trinajstić information content (AvgIpc) is 2.52. The molecule has 0 saturated carbocycles. The summed E-state index contributed by atoms with van der Waals surface area (Å²) >= 11 is 3.34. The van der Waals surface area contributed by atoms with Gasteiger partial charge in [-0.2, -0.15) is 5.10 Å². The van der Waals surface area contributed by atoms with Crippen molar-refractivity contribution >= 4 is 27.5 Å². The second-order valence-electron chi connectivity index (χ2n) is 4.78. The number of nitrogens with zero attached hydrogens (tertiary/aromatic N) is 1. The molecule has 0 aliphatic rings. The van der Waals surface area contributed by atoms with E-state index in [4.69, 9.17) is 0 Å². The van der Waals surface area contributed by atoms with Crippen molar-refractivity contribution in [3.63, 3.8) is 0 Å². The third-order valence-corrected chi connectivity index (χ3v) is 3.60. The van der Waals surface area contributed by atoms with Crippen LogP contribution >= 0.6 is 15.9 Å². The highest BCUT2D eigenvalue weighted by molar-refractivity contribution is 9.10. The Labute approximate surface area is 133 Å². The van der Waals surface area contributed by atoms with Crippen LogP contribution in [0.5, 0.6) is 0 Å². The van der Waals surface area contributed by atoms with Crippen LogP contribution in [0, 0.1) is 0 Å². The molecule has 1 N–H and O–H groups in total. The van der Waals surface area contributed by atoms with E-state index in [1.165, 1.54) is 5.56 Å². The Hall–Kier alpha value is -1.94. The lowest BCUT2D eigenvalue weighted by molar-refractivity contribution is 0.0954. The van der Waals surface area contributed by atoms with Gasteiger partial charge >= 0.3 is 0 Å². The molecule has 21 heavy (non-hydrogen) atoms. The molecule has 0 bridgehead atoms. The lowest BCUT2D eigenvalue weighted by Gasteiger charge is -2.03. The topological polar surface area (TPSA) is 41.5 Å². The fourth-order valence-corrected chi connectivity index (χ4v) is 2.10. The van der Waals surface area contributed by atoms with Crippen LogP contribution in [0.1, 0.15) is 29.3 Å². The van der Waals surface area contributed by atoms with Gasteiger partial charge in [-0.3, -0.25) is 4.79 Å². The molecule has 2 rings (SSSR count). The molecule has 0 aliphatic carbocycles. The Morgan fingerprint density at radius 1 is 1.10 bits per heavy atom. The van der Waals surface area contributed by atoms with Crippen LogP contribution in [0.15, 0.2) is 64.2 Å². The fraction of sp³-hybridized carbons (Fsp3) is 0.176. The SMILES string of the molecule is CC(CCc1ccccc1)=NNC(=O)c1ccc(Br)cc1. The van der Waals surface area contributed by atoms with Crippen molar-refractivity contribution in [2.75, 3.05) is 0 Å². The van der Waals surface area contributed by atoms with Gasteiger partial charge in [0, 0.05) is 15.7 Å². The number of nitrogens with one attached hydrogen (secondary N) is 1. The number of rotatable bonds is 5. The molecule has 1 amide bonds. The first-order chi connectivity index (χ1) is 10.1. The van der Waals surface area contributed by atoms with E-state index in [-0.39, 0.29) is 5.91 Å². The van der Waals surface area contributed by atoms with Gasteiger partial charge in [-0.15, -0.1) is 0 Å². The van der Waals surface area contributed by atoms with Crippen LogP contribution in [0.4, 0.5) is 0 Å². The first kappa shape index (κ1) is 15.4. The monoisotopic (exact) mass is 344 g/mol. The van der Waals surface area contributed by atoms with Crippen molar-refractivity contribution in [3.05, 3.63) is 70.2 Å². The standard InChI is InChI=1S/C17H17BrN2O/c1-13(7-8-14-5-3-2-4-6-14)19-20-17(21)15-9-11-16(18)12-10-15/h2-6,9-12H,7-8H2,1H3,(H,20,21).